The first-order chi connectivity index (χ1) is 14.1. The molecule has 1 unspecified atom stereocenters. The van der Waals surface area contributed by atoms with Crippen LogP contribution >= 0.6 is 11.6 Å². The Morgan fingerprint density at radius 2 is 2.03 bits per heavy atom. The summed E-state index contributed by atoms with van der Waals surface area (Å²) in [5, 5.41) is 5.48. The Labute approximate surface area is 178 Å². The number of benzene rings is 2. The van der Waals surface area contributed by atoms with Gasteiger partial charge in [0.25, 0.3) is 21.8 Å². The Hall–Kier alpha value is -2.66. The van der Waals surface area contributed by atoms with Crippen LogP contribution in [0.4, 0.5) is 5.69 Å². The molecule has 2 aromatic rings. The van der Waals surface area contributed by atoms with E-state index in [1.165, 1.54) is 32.4 Å². The number of ether oxygens (including phenoxy) is 1. The molecule has 2 aromatic carbocycles. The lowest BCUT2D eigenvalue weighted by Crippen LogP contribution is -2.29. The van der Waals surface area contributed by atoms with Crippen LogP contribution in [-0.2, 0) is 19.7 Å². The van der Waals surface area contributed by atoms with E-state index in [1.807, 2.05) is 0 Å². The van der Waals surface area contributed by atoms with E-state index in [1.54, 1.807) is 25.1 Å². The maximum atomic E-state index is 12.7. The van der Waals surface area contributed by atoms with Gasteiger partial charge >= 0.3 is 0 Å². The molecule has 2 N–H and O–H groups in total. The van der Waals surface area contributed by atoms with Crippen LogP contribution in [0.25, 0.3) is 0 Å². The van der Waals surface area contributed by atoms with Crippen molar-refractivity contribution in [3.63, 3.8) is 0 Å². The lowest BCUT2D eigenvalue weighted by molar-refractivity contribution is -0.118. The molecule has 0 saturated heterocycles. The van der Waals surface area contributed by atoms with Crippen LogP contribution in [0.5, 0.6) is 5.75 Å². The molecule has 2 amide bonds. The van der Waals surface area contributed by atoms with Crippen molar-refractivity contribution in [2.24, 2.45) is 0 Å². The summed E-state index contributed by atoms with van der Waals surface area (Å²) in [6.07, 6.45) is 0. The number of anilines is 1. The van der Waals surface area contributed by atoms with E-state index in [9.17, 15) is 18.0 Å². The summed E-state index contributed by atoms with van der Waals surface area (Å²) in [5.74, 6) is -0.201. The highest BCUT2D eigenvalue weighted by molar-refractivity contribution is 7.89. The molecule has 1 aliphatic heterocycles. The SMILES string of the molecule is CON(C)S(=O)(=O)c1cc(C(=O)NC(C)c2ccc3c(c2)NC(=O)CO3)ccc1Cl. The molecule has 0 aliphatic carbocycles. The Bertz CT molecular complexity index is 1110. The number of rotatable bonds is 6. The Balaban J connectivity index is 1.82. The first-order valence-corrected chi connectivity index (χ1v) is 10.7. The number of halogens is 1. The average Bonchev–Trinajstić information content (AvgIpc) is 2.72. The Kier molecular flexibility index (Phi) is 6.32. The largest absolute Gasteiger partial charge is 0.482 e. The summed E-state index contributed by atoms with van der Waals surface area (Å²) >= 11 is 6.03. The van der Waals surface area contributed by atoms with Crippen LogP contribution in [0.1, 0.15) is 28.9 Å². The quantitative estimate of drug-likeness (QED) is 0.649. The molecule has 160 valence electrons. The van der Waals surface area contributed by atoms with Crippen molar-refractivity contribution in [2.75, 3.05) is 26.1 Å². The number of hydrogen-bond acceptors (Lipinski definition) is 6. The topological polar surface area (TPSA) is 114 Å². The standard InChI is InChI=1S/C19H20ClN3O6S/c1-11(12-5-7-16-15(8-12)22-18(24)10-29-16)21-19(25)13-4-6-14(20)17(9-13)30(26,27)23(2)28-3/h4-9,11H,10H2,1-3H3,(H,21,25)(H,22,24). The van der Waals surface area contributed by atoms with Gasteiger partial charge in [0.15, 0.2) is 6.61 Å². The maximum absolute atomic E-state index is 12.7. The smallest absolute Gasteiger partial charge is 0.266 e. The molecule has 0 radical (unpaired) electrons. The molecule has 0 bridgehead atoms. The highest BCUT2D eigenvalue weighted by atomic mass is 35.5. The van der Waals surface area contributed by atoms with E-state index in [-0.39, 0.29) is 28.0 Å². The number of hydrogen-bond donors (Lipinski definition) is 2. The zero-order valence-corrected chi connectivity index (χ0v) is 18.0. The molecule has 30 heavy (non-hydrogen) atoms. The first kappa shape index (κ1) is 22.0. The molecule has 0 fully saturated rings. The van der Waals surface area contributed by atoms with E-state index >= 15 is 0 Å². The summed E-state index contributed by atoms with van der Waals surface area (Å²) in [6.45, 7) is 1.72. The summed E-state index contributed by atoms with van der Waals surface area (Å²) in [5.41, 5.74) is 1.37. The van der Waals surface area contributed by atoms with Crippen LogP contribution in [0.2, 0.25) is 5.02 Å². The molecular formula is C19H20ClN3O6S. The van der Waals surface area contributed by atoms with Crippen molar-refractivity contribution < 1.29 is 27.6 Å². The average molecular weight is 454 g/mol. The molecule has 0 aromatic heterocycles. The van der Waals surface area contributed by atoms with Crippen molar-refractivity contribution in [1.29, 1.82) is 0 Å². The predicted octanol–water partition coefficient (Wildman–Crippen LogP) is 2.34. The van der Waals surface area contributed by atoms with Crippen LogP contribution in [-0.4, -0.2) is 45.5 Å². The van der Waals surface area contributed by atoms with Gasteiger partial charge in [0.1, 0.15) is 10.6 Å². The second-order valence-corrected chi connectivity index (χ2v) is 8.84. The second kappa shape index (κ2) is 8.60. The molecular weight excluding hydrogens is 434 g/mol. The number of sulfonamides is 1. The molecule has 9 nitrogen and oxygen atoms in total. The summed E-state index contributed by atoms with van der Waals surface area (Å²) < 4.78 is 31.0. The normalized spacial score (nSPS) is 14.5. The van der Waals surface area contributed by atoms with Gasteiger partial charge in [-0.1, -0.05) is 22.1 Å². The minimum Gasteiger partial charge on any atom is -0.482 e. The zero-order chi connectivity index (χ0) is 22.1. The molecule has 3 rings (SSSR count). The number of nitrogens with zero attached hydrogens (tertiary/aromatic N) is 1. The van der Waals surface area contributed by atoms with E-state index in [4.69, 9.17) is 21.2 Å². The number of amides is 2. The number of nitrogens with one attached hydrogen (secondary N) is 2. The predicted molar refractivity (Wildman–Crippen MR) is 110 cm³/mol. The highest BCUT2D eigenvalue weighted by Crippen LogP contribution is 2.31. The van der Waals surface area contributed by atoms with Gasteiger partial charge in [-0.15, -0.1) is 0 Å². The van der Waals surface area contributed by atoms with Crippen LogP contribution in [0, 0.1) is 0 Å². The van der Waals surface area contributed by atoms with Crippen molar-refractivity contribution in [2.45, 2.75) is 17.9 Å². The summed E-state index contributed by atoms with van der Waals surface area (Å²) in [7, 11) is -1.60. The Morgan fingerprint density at radius 3 is 2.73 bits per heavy atom. The fourth-order valence-corrected chi connectivity index (χ4v) is 4.29. The zero-order valence-electron chi connectivity index (χ0n) is 16.4. The van der Waals surface area contributed by atoms with E-state index < -0.39 is 22.0 Å². The van der Waals surface area contributed by atoms with Gasteiger partial charge in [0, 0.05) is 12.6 Å². The highest BCUT2D eigenvalue weighted by Gasteiger charge is 2.26. The van der Waals surface area contributed by atoms with Gasteiger partial charge in [-0.2, -0.15) is 0 Å². The molecule has 1 atom stereocenters. The maximum Gasteiger partial charge on any atom is 0.266 e. The molecule has 0 spiro atoms. The first-order valence-electron chi connectivity index (χ1n) is 8.83. The fourth-order valence-electron chi connectivity index (χ4n) is 2.81. The van der Waals surface area contributed by atoms with Crippen molar-refractivity contribution in [3.8, 4) is 5.75 Å². The lowest BCUT2D eigenvalue weighted by Gasteiger charge is -2.21. The van der Waals surface area contributed by atoms with Crippen LogP contribution < -0.4 is 15.4 Å². The van der Waals surface area contributed by atoms with E-state index in [2.05, 4.69) is 10.6 Å². The van der Waals surface area contributed by atoms with Crippen LogP contribution in [0.3, 0.4) is 0 Å². The number of carbonyl (C=O) groups is 2. The fraction of sp³-hybridized carbons (Fsp3) is 0.263. The number of carbonyl (C=O) groups excluding carboxylic acids is 2. The van der Waals surface area contributed by atoms with Gasteiger partial charge in [-0.3, -0.25) is 14.4 Å². The number of fused-ring (bicyclic) bond motifs is 1. The third kappa shape index (κ3) is 4.41. The van der Waals surface area contributed by atoms with Gasteiger partial charge < -0.3 is 15.4 Å². The van der Waals surface area contributed by atoms with E-state index in [0.29, 0.717) is 15.9 Å². The lowest BCUT2D eigenvalue weighted by atomic mass is 10.1. The molecule has 0 saturated carbocycles. The van der Waals surface area contributed by atoms with Gasteiger partial charge in [0.05, 0.1) is 23.9 Å². The van der Waals surface area contributed by atoms with Crippen molar-refractivity contribution in [3.05, 3.63) is 52.5 Å². The van der Waals surface area contributed by atoms with Crippen molar-refractivity contribution in [1.82, 2.24) is 9.79 Å². The summed E-state index contributed by atoms with van der Waals surface area (Å²) in [6, 6.07) is 8.71. The molecule has 11 heteroatoms. The Morgan fingerprint density at radius 1 is 1.30 bits per heavy atom. The van der Waals surface area contributed by atoms with E-state index in [0.717, 1.165) is 5.56 Å². The van der Waals surface area contributed by atoms with Crippen LogP contribution in [0.15, 0.2) is 41.3 Å². The second-order valence-electron chi connectivity index (χ2n) is 6.53. The third-order valence-electron chi connectivity index (χ3n) is 4.55. The monoisotopic (exact) mass is 453 g/mol. The molecule has 1 aliphatic rings. The summed E-state index contributed by atoms with van der Waals surface area (Å²) in [4.78, 5) is 28.7. The van der Waals surface area contributed by atoms with Gasteiger partial charge in [0.2, 0.25) is 0 Å². The molecule has 1 heterocycles. The van der Waals surface area contributed by atoms with Gasteiger partial charge in [-0.05, 0) is 42.8 Å². The number of hydroxylamine groups is 1. The van der Waals surface area contributed by atoms with Crippen molar-refractivity contribution >= 4 is 39.1 Å². The minimum absolute atomic E-state index is 0.0334. The van der Waals surface area contributed by atoms with Gasteiger partial charge in [-0.25, -0.2) is 8.42 Å². The minimum atomic E-state index is -4.03. The third-order valence-corrected chi connectivity index (χ3v) is 6.71.